The van der Waals surface area contributed by atoms with E-state index in [0.29, 0.717) is 11.4 Å². The number of carbonyl (C=O) groups is 2. The van der Waals surface area contributed by atoms with Gasteiger partial charge in [0.1, 0.15) is 17.4 Å². The third-order valence-corrected chi connectivity index (χ3v) is 4.38. The molecule has 0 aliphatic carbocycles. The Morgan fingerprint density at radius 2 is 1.96 bits per heavy atom. The zero-order valence-corrected chi connectivity index (χ0v) is 14.0. The Hall–Kier alpha value is -3.40. The van der Waals surface area contributed by atoms with Gasteiger partial charge >= 0.3 is 0 Å². The van der Waals surface area contributed by atoms with E-state index in [-0.39, 0.29) is 28.6 Å². The molecule has 1 aromatic carbocycles. The Labute approximate surface area is 144 Å². The summed E-state index contributed by atoms with van der Waals surface area (Å²) >= 11 is 0. The molecule has 1 aromatic rings. The Balaban J connectivity index is 2.30. The Bertz CT molecular complexity index is 921. The van der Waals surface area contributed by atoms with Crippen LogP contribution in [0.5, 0.6) is 0 Å². The first kappa shape index (κ1) is 16.5. The molecule has 2 aliphatic rings. The molecule has 2 aliphatic heterocycles. The average Bonchev–Trinajstić information content (AvgIpc) is 2.81. The van der Waals surface area contributed by atoms with Gasteiger partial charge in [0.05, 0.1) is 17.0 Å². The molecule has 1 amide bonds. The Kier molecular flexibility index (Phi) is 3.68. The van der Waals surface area contributed by atoms with E-state index in [4.69, 9.17) is 10.5 Å². The number of nitrogens with two attached hydrogens (primary N) is 1. The number of hydrogen-bond donors (Lipinski definition) is 1. The lowest BCUT2D eigenvalue weighted by atomic mass is 9.68. The smallest absolute Gasteiger partial charge is 0.269 e. The molecule has 0 fully saturated rings. The van der Waals surface area contributed by atoms with Crippen molar-refractivity contribution in [3.05, 3.63) is 53.1 Å². The lowest BCUT2D eigenvalue weighted by molar-refractivity contribution is -0.124. The number of nitrogens with zero attached hydrogens (tertiary/aromatic N) is 3. The molecule has 2 heterocycles. The van der Waals surface area contributed by atoms with Gasteiger partial charge in [-0.2, -0.15) is 15.4 Å². The van der Waals surface area contributed by atoms with Gasteiger partial charge in [-0.25, -0.2) is 0 Å². The van der Waals surface area contributed by atoms with Crippen LogP contribution in [0.4, 0.5) is 5.69 Å². The second-order valence-corrected chi connectivity index (χ2v) is 5.83. The standard InChI is InChI=1S/C18H16N4O3/c1-10(23)15-11(2)25-16(20)14(9-19)18(15)12(3)21-22(17(18)24)13-7-5-4-6-8-13/h4-8H,20H2,1-3H3. The van der Waals surface area contributed by atoms with Crippen LogP contribution in [0.2, 0.25) is 0 Å². The maximum Gasteiger partial charge on any atom is 0.269 e. The van der Waals surface area contributed by atoms with Crippen molar-refractivity contribution in [3.63, 3.8) is 0 Å². The van der Waals surface area contributed by atoms with E-state index >= 15 is 0 Å². The minimum absolute atomic E-state index is 0.0860. The van der Waals surface area contributed by atoms with E-state index in [2.05, 4.69) is 5.10 Å². The van der Waals surface area contributed by atoms with Crippen molar-refractivity contribution in [3.8, 4) is 6.07 Å². The summed E-state index contributed by atoms with van der Waals surface area (Å²) in [4.78, 5) is 25.7. The van der Waals surface area contributed by atoms with Gasteiger partial charge in [0.15, 0.2) is 11.2 Å². The minimum Gasteiger partial charge on any atom is -0.445 e. The van der Waals surface area contributed by atoms with Gasteiger partial charge in [-0.3, -0.25) is 9.59 Å². The van der Waals surface area contributed by atoms with Crippen LogP contribution in [0.3, 0.4) is 0 Å². The minimum atomic E-state index is -1.65. The van der Waals surface area contributed by atoms with Crippen molar-refractivity contribution >= 4 is 23.1 Å². The summed E-state index contributed by atoms with van der Waals surface area (Å²) in [6, 6.07) is 10.7. The molecule has 0 aromatic heterocycles. The summed E-state index contributed by atoms with van der Waals surface area (Å²) in [7, 11) is 0. The van der Waals surface area contributed by atoms with Gasteiger partial charge in [-0.05, 0) is 32.9 Å². The number of Topliss-reactive ketones (excluding diaryl/α,β-unsaturated/α-hetero) is 1. The highest BCUT2D eigenvalue weighted by atomic mass is 16.5. The van der Waals surface area contributed by atoms with Crippen molar-refractivity contribution in [2.45, 2.75) is 20.8 Å². The summed E-state index contributed by atoms with van der Waals surface area (Å²) in [5.74, 6) is -0.899. The summed E-state index contributed by atoms with van der Waals surface area (Å²) in [6.07, 6.45) is 0. The topological polar surface area (TPSA) is 109 Å². The molecule has 2 N–H and O–H groups in total. The lowest BCUT2D eigenvalue weighted by Crippen LogP contribution is -2.47. The Morgan fingerprint density at radius 1 is 1.32 bits per heavy atom. The third-order valence-electron chi connectivity index (χ3n) is 4.38. The molecule has 3 rings (SSSR count). The van der Waals surface area contributed by atoms with Crippen LogP contribution in [-0.2, 0) is 14.3 Å². The Morgan fingerprint density at radius 3 is 2.52 bits per heavy atom. The monoisotopic (exact) mass is 336 g/mol. The first-order valence-electron chi connectivity index (χ1n) is 7.61. The highest BCUT2D eigenvalue weighted by molar-refractivity contribution is 6.28. The zero-order chi connectivity index (χ0) is 18.4. The second-order valence-electron chi connectivity index (χ2n) is 5.83. The second kappa shape index (κ2) is 5.60. The van der Waals surface area contributed by atoms with Crippen LogP contribution in [-0.4, -0.2) is 17.4 Å². The number of ketones is 1. The normalized spacial score (nSPS) is 22.9. The fourth-order valence-electron chi connectivity index (χ4n) is 3.40. The average molecular weight is 336 g/mol. The summed E-state index contributed by atoms with van der Waals surface area (Å²) in [5, 5.41) is 15.2. The van der Waals surface area contributed by atoms with Gasteiger partial charge in [0, 0.05) is 0 Å². The van der Waals surface area contributed by atoms with E-state index in [9.17, 15) is 14.9 Å². The van der Waals surface area contributed by atoms with Gasteiger partial charge in [0.25, 0.3) is 5.91 Å². The van der Waals surface area contributed by atoms with E-state index in [0.717, 1.165) is 0 Å². The molecule has 0 bridgehead atoms. The number of carbonyl (C=O) groups excluding carboxylic acids is 2. The first-order chi connectivity index (χ1) is 11.9. The molecular weight excluding hydrogens is 320 g/mol. The molecule has 1 unspecified atom stereocenters. The fourth-order valence-corrected chi connectivity index (χ4v) is 3.40. The molecule has 25 heavy (non-hydrogen) atoms. The number of benzene rings is 1. The zero-order valence-electron chi connectivity index (χ0n) is 14.0. The van der Waals surface area contributed by atoms with Crippen LogP contribution in [0.15, 0.2) is 58.2 Å². The van der Waals surface area contributed by atoms with E-state index in [1.54, 1.807) is 38.1 Å². The van der Waals surface area contributed by atoms with Crippen molar-refractivity contribution in [2.24, 2.45) is 16.3 Å². The van der Waals surface area contributed by atoms with Crippen LogP contribution in [0, 0.1) is 16.7 Å². The van der Waals surface area contributed by atoms with Crippen molar-refractivity contribution in [1.82, 2.24) is 0 Å². The lowest BCUT2D eigenvalue weighted by Gasteiger charge is -2.34. The van der Waals surface area contributed by atoms with Crippen LogP contribution in [0.25, 0.3) is 0 Å². The molecule has 1 atom stereocenters. The first-order valence-corrected chi connectivity index (χ1v) is 7.61. The van der Waals surface area contributed by atoms with Crippen molar-refractivity contribution in [1.29, 1.82) is 5.26 Å². The van der Waals surface area contributed by atoms with Gasteiger partial charge in [0.2, 0.25) is 5.88 Å². The fraction of sp³-hybridized carbons (Fsp3) is 0.222. The highest BCUT2D eigenvalue weighted by Gasteiger charge is 2.60. The van der Waals surface area contributed by atoms with Gasteiger partial charge in [-0.15, -0.1) is 0 Å². The summed E-state index contributed by atoms with van der Waals surface area (Å²) in [5.41, 5.74) is 5.02. The summed E-state index contributed by atoms with van der Waals surface area (Å²) < 4.78 is 5.36. The van der Waals surface area contributed by atoms with Crippen LogP contribution < -0.4 is 10.7 Å². The molecule has 1 spiro atoms. The van der Waals surface area contributed by atoms with Crippen LogP contribution in [0.1, 0.15) is 20.8 Å². The predicted octanol–water partition coefficient (Wildman–Crippen LogP) is 1.98. The van der Waals surface area contributed by atoms with Gasteiger partial charge < -0.3 is 10.5 Å². The van der Waals surface area contributed by atoms with E-state index in [1.807, 2.05) is 12.1 Å². The number of para-hydroxylation sites is 1. The molecule has 7 nitrogen and oxygen atoms in total. The number of hydrazone groups is 1. The quantitative estimate of drug-likeness (QED) is 0.888. The number of nitriles is 1. The van der Waals surface area contributed by atoms with E-state index in [1.165, 1.54) is 11.9 Å². The SMILES string of the molecule is CC(=O)C1=C(C)OC(N)=C(C#N)C12C(=O)N(c1ccccc1)N=C2C. The number of allylic oxidation sites excluding steroid dienone is 1. The van der Waals surface area contributed by atoms with Crippen LogP contribution >= 0.6 is 0 Å². The molecule has 7 heteroatoms. The summed E-state index contributed by atoms with van der Waals surface area (Å²) in [6.45, 7) is 4.48. The number of amides is 1. The third kappa shape index (κ3) is 2.08. The highest BCUT2D eigenvalue weighted by Crippen LogP contribution is 2.49. The molecule has 126 valence electrons. The van der Waals surface area contributed by atoms with Crippen molar-refractivity contribution < 1.29 is 14.3 Å². The maximum atomic E-state index is 13.4. The largest absolute Gasteiger partial charge is 0.445 e. The number of ether oxygens (including phenoxy) is 1. The maximum absolute atomic E-state index is 13.4. The number of anilines is 1. The molecular formula is C18H16N4O3. The molecule has 0 saturated carbocycles. The predicted molar refractivity (Wildman–Crippen MR) is 90.8 cm³/mol. The van der Waals surface area contributed by atoms with E-state index < -0.39 is 11.3 Å². The molecule has 0 radical (unpaired) electrons. The van der Waals surface area contributed by atoms with Gasteiger partial charge in [-0.1, -0.05) is 18.2 Å². The number of hydrogen-bond acceptors (Lipinski definition) is 6. The molecule has 0 saturated heterocycles. The van der Waals surface area contributed by atoms with Crippen molar-refractivity contribution in [2.75, 3.05) is 5.01 Å². The number of rotatable bonds is 2.